The Kier molecular flexibility index (Phi) is 5.54. The largest absolute Gasteiger partial charge is 0.394 e. The molecular formula is C21H20N2O2. The maximum atomic E-state index is 12.3. The fourth-order valence-electron chi connectivity index (χ4n) is 2.67. The number of carbonyl (C=O) groups is 1. The van der Waals surface area contributed by atoms with E-state index in [1.807, 2.05) is 48.5 Å². The molecule has 2 aromatic carbocycles. The van der Waals surface area contributed by atoms with Gasteiger partial charge in [0, 0.05) is 6.20 Å². The topological polar surface area (TPSA) is 62.2 Å². The van der Waals surface area contributed by atoms with Gasteiger partial charge in [0.1, 0.15) is 0 Å². The van der Waals surface area contributed by atoms with E-state index in [0.717, 1.165) is 16.7 Å². The van der Waals surface area contributed by atoms with Crippen molar-refractivity contribution in [2.24, 2.45) is 0 Å². The molecule has 3 aromatic rings. The van der Waals surface area contributed by atoms with Crippen LogP contribution in [0.2, 0.25) is 0 Å². The Morgan fingerprint density at radius 2 is 1.60 bits per heavy atom. The first-order valence-electron chi connectivity index (χ1n) is 8.22. The van der Waals surface area contributed by atoms with Crippen LogP contribution < -0.4 is 5.32 Å². The van der Waals surface area contributed by atoms with Crippen LogP contribution in [0.1, 0.15) is 17.3 Å². The van der Waals surface area contributed by atoms with E-state index in [4.69, 9.17) is 0 Å². The lowest BCUT2D eigenvalue weighted by Gasteiger charge is -2.15. The van der Waals surface area contributed by atoms with Gasteiger partial charge in [0.25, 0.3) is 0 Å². The van der Waals surface area contributed by atoms with Gasteiger partial charge in [-0.3, -0.25) is 9.78 Å². The van der Waals surface area contributed by atoms with E-state index in [1.165, 1.54) is 0 Å². The number of aliphatic hydroxyl groups excluding tert-OH is 1. The number of amides is 1. The molecule has 0 radical (unpaired) electrons. The summed E-state index contributed by atoms with van der Waals surface area (Å²) in [6.45, 7) is -0.185. The van der Waals surface area contributed by atoms with Crippen LogP contribution in [0.15, 0.2) is 79.0 Å². The van der Waals surface area contributed by atoms with Crippen molar-refractivity contribution in [1.82, 2.24) is 10.3 Å². The summed E-state index contributed by atoms with van der Waals surface area (Å²) in [4.78, 5) is 16.4. The highest BCUT2D eigenvalue weighted by Gasteiger charge is 2.14. The first kappa shape index (κ1) is 16.9. The summed E-state index contributed by atoms with van der Waals surface area (Å²) in [7, 11) is 0. The molecule has 1 atom stereocenters. The van der Waals surface area contributed by atoms with Crippen LogP contribution in [0.5, 0.6) is 0 Å². The first-order chi connectivity index (χ1) is 12.3. The van der Waals surface area contributed by atoms with Crippen molar-refractivity contribution in [3.63, 3.8) is 0 Å². The van der Waals surface area contributed by atoms with Crippen molar-refractivity contribution in [3.8, 4) is 11.1 Å². The molecule has 0 spiro atoms. The average molecular weight is 332 g/mol. The SMILES string of the molecule is O=C(Cc1ccc(-c2ccccc2)cc1)NC(CO)c1ccccn1. The highest BCUT2D eigenvalue weighted by molar-refractivity contribution is 5.79. The van der Waals surface area contributed by atoms with Gasteiger partial charge in [-0.05, 0) is 28.8 Å². The van der Waals surface area contributed by atoms with E-state index in [-0.39, 0.29) is 18.9 Å². The first-order valence-corrected chi connectivity index (χ1v) is 8.22. The summed E-state index contributed by atoms with van der Waals surface area (Å²) in [5.74, 6) is -0.142. The molecule has 1 aromatic heterocycles. The molecule has 0 bridgehead atoms. The van der Waals surface area contributed by atoms with Crippen LogP contribution in [-0.2, 0) is 11.2 Å². The third kappa shape index (κ3) is 4.52. The zero-order valence-corrected chi connectivity index (χ0v) is 13.8. The van der Waals surface area contributed by atoms with Crippen LogP contribution in [0.4, 0.5) is 0 Å². The lowest BCUT2D eigenvalue weighted by molar-refractivity contribution is -0.121. The Balaban J connectivity index is 1.63. The number of hydrogen-bond donors (Lipinski definition) is 2. The average Bonchev–Trinajstić information content (AvgIpc) is 2.68. The Bertz CT molecular complexity index is 802. The van der Waals surface area contributed by atoms with E-state index in [1.54, 1.807) is 18.3 Å². The molecule has 3 rings (SSSR count). The monoisotopic (exact) mass is 332 g/mol. The quantitative estimate of drug-likeness (QED) is 0.729. The third-order valence-corrected chi connectivity index (χ3v) is 3.99. The normalized spacial score (nSPS) is 11.7. The van der Waals surface area contributed by atoms with Gasteiger partial charge >= 0.3 is 0 Å². The van der Waals surface area contributed by atoms with E-state index < -0.39 is 6.04 Å². The number of aromatic nitrogens is 1. The molecule has 4 nitrogen and oxygen atoms in total. The van der Waals surface area contributed by atoms with Gasteiger partial charge in [0.2, 0.25) is 5.91 Å². The molecule has 0 aliphatic heterocycles. The summed E-state index contributed by atoms with van der Waals surface area (Å²) in [6, 6.07) is 23.0. The number of nitrogens with one attached hydrogen (secondary N) is 1. The number of hydrogen-bond acceptors (Lipinski definition) is 3. The van der Waals surface area contributed by atoms with Gasteiger partial charge in [0.05, 0.1) is 24.8 Å². The second-order valence-electron chi connectivity index (χ2n) is 5.80. The molecule has 126 valence electrons. The lowest BCUT2D eigenvalue weighted by Crippen LogP contribution is -2.32. The zero-order chi connectivity index (χ0) is 17.5. The number of nitrogens with zero attached hydrogens (tertiary/aromatic N) is 1. The van der Waals surface area contributed by atoms with Crippen LogP contribution in [0.3, 0.4) is 0 Å². The maximum absolute atomic E-state index is 12.3. The van der Waals surface area contributed by atoms with Crippen molar-refractivity contribution in [3.05, 3.63) is 90.3 Å². The molecule has 1 unspecified atom stereocenters. The van der Waals surface area contributed by atoms with Gasteiger partial charge in [-0.1, -0.05) is 60.7 Å². The Labute approximate surface area is 147 Å². The Morgan fingerprint density at radius 1 is 0.920 bits per heavy atom. The van der Waals surface area contributed by atoms with E-state index in [9.17, 15) is 9.90 Å². The van der Waals surface area contributed by atoms with E-state index >= 15 is 0 Å². The van der Waals surface area contributed by atoms with Gasteiger partial charge in [-0.25, -0.2) is 0 Å². The van der Waals surface area contributed by atoms with Crippen molar-refractivity contribution >= 4 is 5.91 Å². The summed E-state index contributed by atoms with van der Waals surface area (Å²) >= 11 is 0. The van der Waals surface area contributed by atoms with Crippen LogP contribution in [-0.4, -0.2) is 22.6 Å². The molecule has 0 saturated heterocycles. The molecule has 25 heavy (non-hydrogen) atoms. The van der Waals surface area contributed by atoms with Crippen molar-refractivity contribution in [1.29, 1.82) is 0 Å². The molecule has 1 amide bonds. The minimum atomic E-state index is -0.489. The smallest absolute Gasteiger partial charge is 0.225 e. The second-order valence-corrected chi connectivity index (χ2v) is 5.80. The van der Waals surface area contributed by atoms with E-state index in [2.05, 4.69) is 22.4 Å². The predicted octanol–water partition coefficient (Wildman–Crippen LogP) is 3.14. The Morgan fingerprint density at radius 3 is 2.24 bits per heavy atom. The fraction of sp³-hybridized carbons (Fsp3) is 0.143. The number of rotatable bonds is 6. The van der Waals surface area contributed by atoms with Gasteiger partial charge in [-0.2, -0.15) is 0 Å². The highest BCUT2D eigenvalue weighted by Crippen LogP contribution is 2.19. The molecular weight excluding hydrogens is 312 g/mol. The molecule has 0 aliphatic rings. The molecule has 4 heteroatoms. The summed E-state index contributed by atoms with van der Waals surface area (Å²) in [5.41, 5.74) is 3.84. The fourth-order valence-corrected chi connectivity index (χ4v) is 2.67. The maximum Gasteiger partial charge on any atom is 0.225 e. The van der Waals surface area contributed by atoms with Crippen LogP contribution in [0.25, 0.3) is 11.1 Å². The van der Waals surface area contributed by atoms with Crippen LogP contribution >= 0.6 is 0 Å². The molecule has 0 saturated carbocycles. The van der Waals surface area contributed by atoms with E-state index in [0.29, 0.717) is 5.69 Å². The molecule has 0 aliphatic carbocycles. The van der Waals surface area contributed by atoms with Crippen molar-refractivity contribution in [2.75, 3.05) is 6.61 Å². The van der Waals surface area contributed by atoms with Crippen molar-refractivity contribution in [2.45, 2.75) is 12.5 Å². The number of benzene rings is 2. The number of pyridine rings is 1. The summed E-state index contributed by atoms with van der Waals surface area (Å²) in [6.07, 6.45) is 1.91. The third-order valence-electron chi connectivity index (χ3n) is 3.99. The number of aliphatic hydroxyl groups is 1. The molecule has 0 fully saturated rings. The zero-order valence-electron chi connectivity index (χ0n) is 13.8. The summed E-state index contributed by atoms with van der Waals surface area (Å²) in [5, 5.41) is 12.3. The highest BCUT2D eigenvalue weighted by atomic mass is 16.3. The number of carbonyl (C=O) groups excluding carboxylic acids is 1. The lowest BCUT2D eigenvalue weighted by atomic mass is 10.0. The predicted molar refractivity (Wildman–Crippen MR) is 97.8 cm³/mol. The minimum absolute atomic E-state index is 0.142. The standard InChI is InChI=1S/C21H20N2O2/c24-15-20(19-8-4-5-13-22-19)23-21(25)14-16-9-11-18(12-10-16)17-6-2-1-3-7-17/h1-13,20,24H,14-15H2,(H,23,25). The second kappa shape index (κ2) is 8.22. The minimum Gasteiger partial charge on any atom is -0.394 e. The summed E-state index contributed by atoms with van der Waals surface area (Å²) < 4.78 is 0. The Hall–Kier alpha value is -2.98. The van der Waals surface area contributed by atoms with Gasteiger partial charge in [0.15, 0.2) is 0 Å². The van der Waals surface area contributed by atoms with Crippen LogP contribution in [0, 0.1) is 0 Å². The van der Waals surface area contributed by atoms with Gasteiger partial charge < -0.3 is 10.4 Å². The molecule has 1 heterocycles. The van der Waals surface area contributed by atoms with Crippen molar-refractivity contribution < 1.29 is 9.90 Å². The van der Waals surface area contributed by atoms with Gasteiger partial charge in [-0.15, -0.1) is 0 Å². The molecule has 2 N–H and O–H groups in total.